The lowest BCUT2D eigenvalue weighted by atomic mass is 9.85. The van der Waals surface area contributed by atoms with E-state index in [0.29, 0.717) is 67.7 Å². The lowest BCUT2D eigenvalue weighted by Crippen LogP contribution is -2.30. The van der Waals surface area contributed by atoms with E-state index in [1.807, 2.05) is 219 Å². The number of unbranched alkanes of at least 4 members (excludes halogenated alkanes) is 3. The molecule has 1 atom stereocenters. The van der Waals surface area contributed by atoms with Gasteiger partial charge in [-0.3, -0.25) is 14.4 Å². The number of nitrogens with one attached hydrogen (secondary N) is 1. The number of carboxylic acids is 2. The van der Waals surface area contributed by atoms with Crippen LogP contribution in [0.4, 0.5) is 0 Å². The minimum absolute atomic E-state index is 0.00373. The van der Waals surface area contributed by atoms with Crippen molar-refractivity contribution in [3.63, 3.8) is 0 Å². The third-order valence-corrected chi connectivity index (χ3v) is 21.7. The topological polar surface area (TPSA) is 215 Å². The van der Waals surface area contributed by atoms with Gasteiger partial charge in [-0.25, -0.2) is 22.7 Å². The normalized spacial score (nSPS) is 11.4. The molecule has 0 bridgehead atoms. The average molecular weight is 1590 g/mol. The molecule has 1 unspecified atom stereocenters. The van der Waals surface area contributed by atoms with Crippen molar-refractivity contribution in [1.29, 1.82) is 0 Å². The third-order valence-electron chi connectivity index (χ3n) is 20.3. The smallest absolute Gasteiger partial charge is 0.335 e. The monoisotopic (exact) mass is 1590 g/mol. The Bertz CT molecular complexity index is 5640. The fraction of sp³-hybridized carbons (Fsp3) is 0.198. The number of hydrogen-bond donors (Lipinski definition) is 3. The quantitative estimate of drug-likeness (QED) is 0.0246. The van der Waals surface area contributed by atoms with Gasteiger partial charge in [0.15, 0.2) is 0 Å². The summed E-state index contributed by atoms with van der Waals surface area (Å²) in [6, 6.07) is 96.9. The van der Waals surface area contributed by atoms with E-state index < -0.39 is 27.9 Å². The number of benzene rings is 13. The molecule has 0 aliphatic rings. The zero-order valence-corrected chi connectivity index (χ0v) is 67.6. The Hall–Kier alpha value is -13.4. The Balaban J connectivity index is 0.000000176. The van der Waals surface area contributed by atoms with Gasteiger partial charge in [0, 0.05) is 55.8 Å². The molecule has 0 saturated heterocycles. The predicted molar refractivity (Wildman–Crippen MR) is 470 cm³/mol. The summed E-state index contributed by atoms with van der Waals surface area (Å²) < 4.78 is 50.7. The number of allylic oxidation sites excluding steroid dienone is 1. The molecule has 16 nitrogen and oxygen atoms in total. The standard InChI is InChI=1S/C40H42N2O4S.C31H30O5.C30H27NO4/c1-42(28-27-31-15-5-2-6-16-31)40(44)30-35-26-25-34(37-22-12-13-23-38(35)37)29-33(32-17-7-3-8-18-32)19-11-14-24-39(43)41-47(45,46)36-20-9-4-10-21-36;1-34-26-17-15-23(16-18-26)10-5-2-3-8-19-35-30-21-25(31(32)33)20-28-27(30)13-9-14-29(28)36-22-24-11-6-4-7-12-24;1-31(18-17-22-9-4-2-5-10-22)29(32)21-24-19-23(15-16-30(33)34)20-27-26(24)13-8-14-28(27)35-25-11-6-3-7-12-25/h2-10,12-13,15-18,20-23,25-26,33H,11,14,19,24,27-30H2,1H3,(H,41,43);4-7,9-18,20-21H,2-3,8,19,22H2,1H3,(H,32,33);2-16,19-20H,17-18,21H2,1H3,(H,33,34)/b;10-5+;16-15+. The van der Waals surface area contributed by atoms with Crippen molar-refractivity contribution in [1.82, 2.24) is 14.5 Å². The maximum absolute atomic E-state index is 13.2. The largest absolute Gasteiger partial charge is 0.497 e. The Labute approximate surface area is 691 Å². The number of sulfonamides is 1. The first kappa shape index (κ1) is 85.5. The highest BCUT2D eigenvalue weighted by Gasteiger charge is 2.22. The summed E-state index contributed by atoms with van der Waals surface area (Å²) in [5.41, 5.74) is 9.73. The van der Waals surface area contributed by atoms with Crippen molar-refractivity contribution in [3.05, 3.63) is 371 Å². The molecule has 0 aliphatic heterocycles. The second-order valence-corrected chi connectivity index (χ2v) is 30.5. The number of methoxy groups -OCH3 is 1. The number of nitrogens with zero attached hydrogens (tertiary/aromatic N) is 2. The number of likely N-dealkylation sites (N-methyl/N-ethyl adjacent to an activating group) is 2. The third kappa shape index (κ3) is 25.8. The number of fused-ring (bicyclic) bond motifs is 3. The fourth-order valence-electron chi connectivity index (χ4n) is 13.9. The Morgan fingerprint density at radius 3 is 1.61 bits per heavy atom. The number of carbonyl (C=O) groups is 5. The molecule has 0 aliphatic carbocycles. The van der Waals surface area contributed by atoms with Crippen molar-refractivity contribution >= 4 is 84.2 Å². The summed E-state index contributed by atoms with van der Waals surface area (Å²) in [6.07, 6.45) is 14.9. The van der Waals surface area contributed by atoms with Gasteiger partial charge in [0.05, 0.1) is 37.0 Å². The highest BCUT2D eigenvalue weighted by Crippen LogP contribution is 2.37. The SMILES string of the molecule is CN(CCc1ccccc1)C(=O)Cc1cc(/C=C/C(=O)O)cc2c(Oc3ccccc3)cccc12.CN(CCc1ccccc1)C(=O)Cc1ccc(CC(CCCCC(=O)NS(=O)(=O)c2ccccc2)c2ccccc2)c2ccccc12.COc1ccc(/C=C/CCCCOc2cc(C(=O)O)cc3c(OCc4ccccc4)cccc23)cc1. The van der Waals surface area contributed by atoms with E-state index in [0.717, 1.165) is 118 Å². The maximum Gasteiger partial charge on any atom is 0.335 e. The minimum Gasteiger partial charge on any atom is -0.497 e. The second kappa shape index (κ2) is 43.9. The van der Waals surface area contributed by atoms with Crippen molar-refractivity contribution in [2.45, 2.75) is 94.5 Å². The molecular formula is C101H99N3O13S. The zero-order valence-electron chi connectivity index (χ0n) is 66.8. The highest BCUT2D eigenvalue weighted by atomic mass is 32.2. The van der Waals surface area contributed by atoms with Gasteiger partial charge < -0.3 is 39.0 Å². The van der Waals surface area contributed by atoms with Crippen LogP contribution in [0.5, 0.6) is 28.7 Å². The van der Waals surface area contributed by atoms with Crippen LogP contribution in [0.3, 0.4) is 0 Å². The molecule has 0 saturated carbocycles. The fourth-order valence-corrected chi connectivity index (χ4v) is 14.9. The lowest BCUT2D eigenvalue weighted by Gasteiger charge is -2.21. The lowest BCUT2D eigenvalue weighted by molar-refractivity contribution is -0.131. The van der Waals surface area contributed by atoms with Gasteiger partial charge in [-0.1, -0.05) is 255 Å². The maximum atomic E-state index is 13.2. The number of ether oxygens (including phenoxy) is 4. The number of hydrogen-bond acceptors (Lipinski definition) is 11. The van der Waals surface area contributed by atoms with E-state index >= 15 is 0 Å². The number of carbonyl (C=O) groups excluding carboxylic acids is 3. The molecule has 13 aromatic rings. The van der Waals surface area contributed by atoms with Gasteiger partial charge in [-0.15, -0.1) is 0 Å². The van der Waals surface area contributed by atoms with Gasteiger partial charge in [-0.2, -0.15) is 0 Å². The van der Waals surface area contributed by atoms with Crippen molar-refractivity contribution in [3.8, 4) is 28.7 Å². The molecule has 602 valence electrons. The number of rotatable bonds is 36. The first-order valence-electron chi connectivity index (χ1n) is 39.7. The minimum atomic E-state index is -3.87. The first-order valence-corrected chi connectivity index (χ1v) is 41.2. The zero-order chi connectivity index (χ0) is 82.9. The van der Waals surface area contributed by atoms with Crippen LogP contribution < -0.4 is 23.7 Å². The van der Waals surface area contributed by atoms with Crippen LogP contribution in [0.1, 0.15) is 111 Å². The van der Waals surface area contributed by atoms with Gasteiger partial charge in [0.25, 0.3) is 10.0 Å². The van der Waals surface area contributed by atoms with Crippen LogP contribution >= 0.6 is 0 Å². The van der Waals surface area contributed by atoms with Gasteiger partial charge in [-0.05, 0) is 196 Å². The first-order chi connectivity index (χ1) is 57.4. The molecule has 3 N–H and O–H groups in total. The summed E-state index contributed by atoms with van der Waals surface area (Å²) in [7, 11) is 1.47. The van der Waals surface area contributed by atoms with E-state index in [-0.39, 0.29) is 41.0 Å². The summed E-state index contributed by atoms with van der Waals surface area (Å²) >= 11 is 0. The Kier molecular flexibility index (Phi) is 31.8. The van der Waals surface area contributed by atoms with Gasteiger partial charge >= 0.3 is 11.9 Å². The molecular weight excluding hydrogens is 1500 g/mol. The van der Waals surface area contributed by atoms with E-state index in [1.165, 1.54) is 40.5 Å². The van der Waals surface area contributed by atoms with Crippen molar-refractivity contribution in [2.75, 3.05) is 40.9 Å². The van der Waals surface area contributed by atoms with Crippen molar-refractivity contribution in [2.24, 2.45) is 0 Å². The number of para-hydroxylation sites is 1. The Morgan fingerprint density at radius 2 is 0.992 bits per heavy atom. The summed E-state index contributed by atoms with van der Waals surface area (Å²) in [5.74, 6) is 1.17. The molecule has 118 heavy (non-hydrogen) atoms. The summed E-state index contributed by atoms with van der Waals surface area (Å²) in [5, 5.41) is 24.3. The number of aliphatic carboxylic acids is 1. The van der Waals surface area contributed by atoms with E-state index in [2.05, 4.69) is 77.5 Å². The van der Waals surface area contributed by atoms with E-state index in [4.69, 9.17) is 24.1 Å². The van der Waals surface area contributed by atoms with Crippen LogP contribution in [-0.2, 0) is 67.9 Å². The highest BCUT2D eigenvalue weighted by molar-refractivity contribution is 7.90. The number of carboxylic acid groups (broad SMARTS) is 2. The average Bonchev–Trinajstić information content (AvgIpc) is 0.795. The molecule has 3 amide bonds. The van der Waals surface area contributed by atoms with Crippen LogP contribution in [0.25, 0.3) is 44.5 Å². The molecule has 0 heterocycles. The van der Waals surface area contributed by atoms with Crippen LogP contribution in [0, 0.1) is 0 Å². The van der Waals surface area contributed by atoms with E-state index in [9.17, 15) is 37.5 Å². The number of aromatic carboxylic acids is 1. The second-order valence-electron chi connectivity index (χ2n) is 28.8. The van der Waals surface area contributed by atoms with Gasteiger partial charge in [0.1, 0.15) is 35.4 Å². The van der Waals surface area contributed by atoms with E-state index in [1.54, 1.807) is 42.3 Å². The summed E-state index contributed by atoms with van der Waals surface area (Å²) in [6.45, 7) is 2.19. The predicted octanol–water partition coefficient (Wildman–Crippen LogP) is 20.8. The van der Waals surface area contributed by atoms with Crippen LogP contribution in [0.15, 0.2) is 320 Å². The van der Waals surface area contributed by atoms with Gasteiger partial charge in [0.2, 0.25) is 17.7 Å². The molecule has 0 radical (unpaired) electrons. The molecule has 17 heteroatoms. The molecule has 13 aromatic carbocycles. The summed E-state index contributed by atoms with van der Waals surface area (Å²) in [4.78, 5) is 65.4. The number of amides is 3. The van der Waals surface area contributed by atoms with Crippen molar-refractivity contribution < 1.29 is 61.6 Å². The Morgan fingerprint density at radius 1 is 0.458 bits per heavy atom. The van der Waals surface area contributed by atoms with Crippen LogP contribution in [0.2, 0.25) is 0 Å². The molecule has 13 rings (SSSR count). The van der Waals surface area contributed by atoms with Crippen LogP contribution in [-0.4, -0.2) is 99.0 Å². The molecule has 0 spiro atoms. The molecule has 0 fully saturated rings. The molecule has 0 aromatic heterocycles.